The van der Waals surface area contributed by atoms with Gasteiger partial charge in [0.25, 0.3) is 5.56 Å². The van der Waals surface area contributed by atoms with Crippen molar-refractivity contribution in [2.45, 2.75) is 39.8 Å². The van der Waals surface area contributed by atoms with Crippen LogP contribution in [0.2, 0.25) is 0 Å². The predicted octanol–water partition coefficient (Wildman–Crippen LogP) is 1.89. The number of ether oxygens (including phenoxy) is 1. The van der Waals surface area contributed by atoms with Crippen molar-refractivity contribution in [2.75, 3.05) is 36.0 Å². The Bertz CT molecular complexity index is 1170. The second kappa shape index (κ2) is 7.36. The SMILES string of the molecule is Cc1c(N2CCc3ncc(N4CCO[C@H](C)C4)cc3C2)nn2c(=O)ccnc2c1C. The highest BCUT2D eigenvalue weighted by molar-refractivity contribution is 5.60. The molecule has 1 fully saturated rings. The first-order valence-electron chi connectivity index (χ1n) is 10.5. The molecule has 3 aromatic heterocycles. The molecular formula is C22H26N6O2. The van der Waals surface area contributed by atoms with Crippen molar-refractivity contribution in [3.8, 4) is 0 Å². The van der Waals surface area contributed by atoms with Crippen LogP contribution in [0.5, 0.6) is 0 Å². The van der Waals surface area contributed by atoms with Crippen molar-refractivity contribution in [3.63, 3.8) is 0 Å². The van der Waals surface area contributed by atoms with Crippen LogP contribution >= 0.6 is 0 Å². The Kier molecular flexibility index (Phi) is 4.66. The molecule has 3 aromatic rings. The summed E-state index contributed by atoms with van der Waals surface area (Å²) in [7, 11) is 0. The molecule has 0 unspecified atom stereocenters. The molecule has 1 saturated heterocycles. The largest absolute Gasteiger partial charge is 0.375 e. The van der Waals surface area contributed by atoms with Gasteiger partial charge in [-0.2, -0.15) is 4.52 Å². The molecule has 0 radical (unpaired) electrons. The Balaban J connectivity index is 1.50. The Labute approximate surface area is 175 Å². The maximum Gasteiger partial charge on any atom is 0.274 e. The topological polar surface area (TPSA) is 75.9 Å². The summed E-state index contributed by atoms with van der Waals surface area (Å²) in [5.74, 6) is 0.839. The standard InChI is InChI=1S/C22H26N6O2/c1-14-12-26(8-9-30-14)18-10-17-13-27(7-5-19(17)24-11-18)22-16(3)15(2)21-23-6-4-20(29)28(21)25-22/h4,6,10-11,14H,5,7-9,12-13H2,1-3H3/t14-/m1/s1. The van der Waals surface area contributed by atoms with Crippen molar-refractivity contribution < 1.29 is 4.74 Å². The molecular weight excluding hydrogens is 380 g/mol. The Morgan fingerprint density at radius 2 is 2.00 bits per heavy atom. The first-order valence-corrected chi connectivity index (χ1v) is 10.5. The number of nitrogens with zero attached hydrogens (tertiary/aromatic N) is 6. The average Bonchev–Trinajstić information content (AvgIpc) is 2.76. The van der Waals surface area contributed by atoms with Gasteiger partial charge >= 0.3 is 0 Å². The molecule has 0 amide bonds. The number of hydrogen-bond donors (Lipinski definition) is 0. The van der Waals surface area contributed by atoms with Crippen LogP contribution in [0.3, 0.4) is 0 Å². The zero-order valence-electron chi connectivity index (χ0n) is 17.6. The van der Waals surface area contributed by atoms with E-state index < -0.39 is 0 Å². The van der Waals surface area contributed by atoms with Crippen molar-refractivity contribution >= 4 is 17.2 Å². The second-order valence-electron chi connectivity index (χ2n) is 8.19. The number of hydrogen-bond acceptors (Lipinski definition) is 7. The van der Waals surface area contributed by atoms with E-state index in [0.717, 1.165) is 67.5 Å². The van der Waals surface area contributed by atoms with E-state index in [1.807, 2.05) is 13.1 Å². The van der Waals surface area contributed by atoms with Crippen LogP contribution in [0.4, 0.5) is 11.5 Å². The molecule has 2 aliphatic heterocycles. The van der Waals surface area contributed by atoms with Crippen LogP contribution in [-0.4, -0.2) is 51.9 Å². The highest BCUT2D eigenvalue weighted by atomic mass is 16.5. The summed E-state index contributed by atoms with van der Waals surface area (Å²) in [4.78, 5) is 26.0. The van der Waals surface area contributed by atoms with Gasteiger partial charge < -0.3 is 14.5 Å². The van der Waals surface area contributed by atoms with E-state index in [1.165, 1.54) is 16.1 Å². The number of morpholine rings is 1. The van der Waals surface area contributed by atoms with Gasteiger partial charge in [0.1, 0.15) is 0 Å². The molecule has 2 aliphatic rings. The molecule has 5 heterocycles. The normalized spacial score (nSPS) is 19.2. The monoisotopic (exact) mass is 406 g/mol. The molecule has 8 nitrogen and oxygen atoms in total. The van der Waals surface area contributed by atoms with Crippen LogP contribution in [0.1, 0.15) is 29.3 Å². The fourth-order valence-corrected chi connectivity index (χ4v) is 4.38. The van der Waals surface area contributed by atoms with E-state index in [4.69, 9.17) is 9.72 Å². The Morgan fingerprint density at radius 1 is 1.13 bits per heavy atom. The molecule has 0 aliphatic carbocycles. The fourth-order valence-electron chi connectivity index (χ4n) is 4.38. The van der Waals surface area contributed by atoms with Gasteiger partial charge in [0.15, 0.2) is 11.5 Å². The Hall–Kier alpha value is -3.00. The number of anilines is 2. The van der Waals surface area contributed by atoms with Crippen molar-refractivity contribution in [1.29, 1.82) is 0 Å². The lowest BCUT2D eigenvalue weighted by Gasteiger charge is -2.34. The fraction of sp³-hybridized carbons (Fsp3) is 0.455. The second-order valence-corrected chi connectivity index (χ2v) is 8.19. The lowest BCUT2D eigenvalue weighted by Crippen LogP contribution is -2.41. The number of rotatable bonds is 2. The van der Waals surface area contributed by atoms with Crippen LogP contribution < -0.4 is 15.4 Å². The molecule has 0 spiro atoms. The maximum absolute atomic E-state index is 12.3. The van der Waals surface area contributed by atoms with E-state index in [-0.39, 0.29) is 11.7 Å². The van der Waals surface area contributed by atoms with Crippen LogP contribution in [0, 0.1) is 13.8 Å². The molecule has 5 rings (SSSR count). The zero-order valence-corrected chi connectivity index (χ0v) is 17.6. The van der Waals surface area contributed by atoms with Crippen LogP contribution in [0.25, 0.3) is 5.65 Å². The first-order chi connectivity index (χ1) is 14.5. The van der Waals surface area contributed by atoms with E-state index >= 15 is 0 Å². The predicted molar refractivity (Wildman–Crippen MR) is 115 cm³/mol. The lowest BCUT2D eigenvalue weighted by molar-refractivity contribution is 0.0532. The quantitative estimate of drug-likeness (QED) is 0.643. The number of fused-ring (bicyclic) bond motifs is 2. The minimum Gasteiger partial charge on any atom is -0.375 e. The number of pyridine rings is 1. The smallest absolute Gasteiger partial charge is 0.274 e. The van der Waals surface area contributed by atoms with Gasteiger partial charge in [-0.25, -0.2) is 4.98 Å². The highest BCUT2D eigenvalue weighted by Crippen LogP contribution is 2.29. The summed E-state index contributed by atoms with van der Waals surface area (Å²) < 4.78 is 7.09. The average molecular weight is 406 g/mol. The van der Waals surface area contributed by atoms with Gasteiger partial charge in [-0.15, -0.1) is 5.10 Å². The van der Waals surface area contributed by atoms with E-state index in [0.29, 0.717) is 5.65 Å². The summed E-state index contributed by atoms with van der Waals surface area (Å²) in [5.41, 5.74) is 6.00. The lowest BCUT2D eigenvalue weighted by atomic mass is 10.0. The maximum atomic E-state index is 12.3. The van der Waals surface area contributed by atoms with Gasteiger partial charge in [0.05, 0.1) is 24.6 Å². The van der Waals surface area contributed by atoms with Gasteiger partial charge in [-0.05, 0) is 32.4 Å². The molecule has 0 aromatic carbocycles. The minimum absolute atomic E-state index is 0.160. The first kappa shape index (κ1) is 19.0. The van der Waals surface area contributed by atoms with Gasteiger partial charge in [0.2, 0.25) is 0 Å². The summed E-state index contributed by atoms with van der Waals surface area (Å²) in [5, 5.41) is 4.67. The van der Waals surface area contributed by atoms with Crippen molar-refractivity contribution in [1.82, 2.24) is 19.6 Å². The number of aryl methyl sites for hydroxylation is 1. The third kappa shape index (κ3) is 3.21. The van der Waals surface area contributed by atoms with Crippen molar-refractivity contribution in [3.05, 3.63) is 57.3 Å². The van der Waals surface area contributed by atoms with E-state index in [2.05, 4.69) is 39.8 Å². The summed E-state index contributed by atoms with van der Waals surface area (Å²) in [6, 6.07) is 3.70. The molecule has 1 atom stereocenters. The summed E-state index contributed by atoms with van der Waals surface area (Å²) >= 11 is 0. The summed E-state index contributed by atoms with van der Waals surface area (Å²) in [6.07, 6.45) is 4.62. The van der Waals surface area contributed by atoms with Gasteiger partial charge in [0, 0.05) is 61.7 Å². The minimum atomic E-state index is -0.160. The third-order valence-corrected chi connectivity index (χ3v) is 6.18. The highest BCUT2D eigenvalue weighted by Gasteiger charge is 2.24. The van der Waals surface area contributed by atoms with E-state index in [9.17, 15) is 4.79 Å². The Morgan fingerprint density at radius 3 is 2.83 bits per heavy atom. The molecule has 8 heteroatoms. The summed E-state index contributed by atoms with van der Waals surface area (Å²) in [6.45, 7) is 10.2. The number of aromatic nitrogens is 4. The van der Waals surface area contributed by atoms with Crippen LogP contribution in [0.15, 0.2) is 29.3 Å². The molecule has 0 bridgehead atoms. The molecule has 30 heavy (non-hydrogen) atoms. The molecule has 156 valence electrons. The zero-order chi connectivity index (χ0) is 20.8. The van der Waals surface area contributed by atoms with Crippen LogP contribution in [-0.2, 0) is 17.7 Å². The molecule has 0 saturated carbocycles. The van der Waals surface area contributed by atoms with E-state index in [1.54, 1.807) is 6.20 Å². The van der Waals surface area contributed by atoms with Crippen molar-refractivity contribution in [2.24, 2.45) is 0 Å². The van der Waals surface area contributed by atoms with Gasteiger partial charge in [-0.3, -0.25) is 9.78 Å². The molecule has 0 N–H and O–H groups in total. The van der Waals surface area contributed by atoms with Gasteiger partial charge in [-0.1, -0.05) is 0 Å². The third-order valence-electron chi connectivity index (χ3n) is 6.18.